The minimum absolute atomic E-state index is 0.482. The van der Waals surface area contributed by atoms with Crippen LogP contribution in [-0.2, 0) is 0 Å². The highest BCUT2D eigenvalue weighted by molar-refractivity contribution is 5.88. The highest BCUT2D eigenvalue weighted by Gasteiger charge is 2.10. The first kappa shape index (κ1) is 78.2. The molecule has 0 radical (unpaired) electrons. The molecule has 42 nitrogen and oxygen atoms in total. The van der Waals surface area contributed by atoms with Gasteiger partial charge in [-0.3, -0.25) is 78.6 Å². The van der Waals surface area contributed by atoms with E-state index in [4.69, 9.17) is 20.4 Å². The molecule has 522 valence electrons. The Labute approximate surface area is 559 Å². The van der Waals surface area contributed by atoms with E-state index in [9.17, 15) is 96.5 Å². The molecule has 0 unspecified atom stereocenters. The molecule has 42 heteroatoms. The smallest absolute Gasteiger partial charge is 0.342 e. The largest absolute Gasteiger partial charge is 0.545 e. The van der Waals surface area contributed by atoms with E-state index < -0.39 is 137 Å². The Hall–Kier alpha value is -16.2. The minimum atomic E-state index is -1.62. The van der Waals surface area contributed by atoms with Gasteiger partial charge in [-0.25, -0.2) is 57.9 Å². The number of carbonyl (C=O) groups is 6. The molecule has 12 aromatic rings. The second-order valence-corrected chi connectivity index (χ2v) is 18.2. The van der Waals surface area contributed by atoms with Crippen LogP contribution in [0.3, 0.4) is 0 Å². The van der Waals surface area contributed by atoms with Crippen molar-refractivity contribution in [1.29, 1.82) is 0 Å². The number of pyridine rings is 6. The van der Waals surface area contributed by atoms with Crippen molar-refractivity contribution in [2.45, 2.75) is 0 Å². The molecule has 0 saturated heterocycles. The summed E-state index contributed by atoms with van der Waals surface area (Å²) in [4.78, 5) is 231. The zero-order chi connectivity index (χ0) is 75.3. The Kier molecular flexibility index (Phi) is 30.8. The van der Waals surface area contributed by atoms with Crippen molar-refractivity contribution in [2.75, 3.05) is 0 Å². The molecular formula is C60H48N18O24. The Morgan fingerprint density at radius 1 is 0.265 bits per heavy atom. The van der Waals surface area contributed by atoms with Gasteiger partial charge in [-0.15, -0.1) is 0 Å². The van der Waals surface area contributed by atoms with Crippen LogP contribution in [0.1, 0.15) is 62.1 Å². The van der Waals surface area contributed by atoms with Crippen LogP contribution >= 0.6 is 0 Å². The second kappa shape index (κ2) is 40.1. The Bertz CT molecular complexity index is 4670. The van der Waals surface area contributed by atoms with Crippen molar-refractivity contribution in [1.82, 2.24) is 79.7 Å². The van der Waals surface area contributed by atoms with Crippen LogP contribution < -0.4 is 87.7 Å². The fourth-order valence-corrected chi connectivity index (χ4v) is 6.73. The number of carboxylic acid groups (broad SMARTS) is 6. The predicted molar refractivity (Wildman–Crippen MR) is 343 cm³/mol. The summed E-state index contributed by atoms with van der Waals surface area (Å²) in [6.45, 7) is 0. The van der Waals surface area contributed by atoms with Crippen LogP contribution in [0.25, 0.3) is 33.4 Å². The van der Waals surface area contributed by atoms with Gasteiger partial charge in [0.15, 0.2) is 24.8 Å². The van der Waals surface area contributed by atoms with Crippen LogP contribution in [0.15, 0.2) is 242 Å². The summed E-state index contributed by atoms with van der Waals surface area (Å²) in [7, 11) is 0. The van der Waals surface area contributed by atoms with E-state index in [2.05, 4.69) is 29.9 Å². The number of H-pyrrole nitrogens is 14. The zero-order valence-corrected chi connectivity index (χ0v) is 51.1. The maximum absolute atomic E-state index is 10.6. The first-order valence-corrected chi connectivity index (χ1v) is 27.4. The summed E-state index contributed by atoms with van der Waals surface area (Å²) in [5.41, 5.74) is -5.89. The summed E-state index contributed by atoms with van der Waals surface area (Å²) >= 11 is 0. The average molecular weight is 1410 g/mol. The molecule has 0 bridgehead atoms. The van der Waals surface area contributed by atoms with Crippen molar-refractivity contribution in [3.63, 3.8) is 0 Å². The number of rotatable bonds is 9. The van der Waals surface area contributed by atoms with Crippen molar-refractivity contribution in [2.24, 2.45) is 0 Å². The monoisotopic (exact) mass is 1400 g/mol. The van der Waals surface area contributed by atoms with E-state index in [-0.39, 0.29) is 0 Å². The third kappa shape index (κ3) is 27.0. The molecular weight excluding hydrogens is 1360 g/mol. The Morgan fingerprint density at radius 3 is 0.569 bits per heavy atom. The molecule has 0 aromatic carbocycles. The summed E-state index contributed by atoms with van der Waals surface area (Å²) in [5, 5.41) is 53.4. The average Bonchev–Trinajstić information content (AvgIpc) is 0.928. The molecule has 0 fully saturated rings. The molecule has 0 aliphatic carbocycles. The molecule has 0 spiro atoms. The van der Waals surface area contributed by atoms with E-state index in [1.807, 2.05) is 127 Å². The fourth-order valence-electron chi connectivity index (χ4n) is 6.73. The highest BCUT2D eigenvalue weighted by Crippen LogP contribution is 2.17. The van der Waals surface area contributed by atoms with Crippen LogP contribution in [0.4, 0.5) is 0 Å². The number of hydrogen-bond acceptors (Lipinski definition) is 24. The fraction of sp³-hybridized carbons (Fsp3) is 0. The quantitative estimate of drug-likeness (QED) is 0.0645. The number of carbonyl (C=O) groups excluding carboxylic acids is 2. The number of aromatic amines is 14. The van der Waals surface area contributed by atoms with Gasteiger partial charge in [0.1, 0.15) is 22.3 Å². The molecule has 0 atom stereocenters. The van der Waals surface area contributed by atoms with Crippen LogP contribution in [0.5, 0.6) is 0 Å². The van der Waals surface area contributed by atoms with Crippen LogP contribution in [0, 0.1) is 0 Å². The number of aromatic nitrogens is 18. The lowest BCUT2D eigenvalue weighted by Gasteiger charge is -1.97. The number of nitrogens with one attached hydrogen (secondary N) is 14. The lowest BCUT2D eigenvalue weighted by atomic mass is 10.1. The third-order valence-corrected chi connectivity index (χ3v) is 11.4. The number of aromatic carboxylic acids is 6. The Morgan fingerprint density at radius 2 is 0.422 bits per heavy atom. The first-order valence-electron chi connectivity index (χ1n) is 27.4. The van der Waals surface area contributed by atoms with Gasteiger partial charge in [0, 0.05) is 111 Å². The normalized spacial score (nSPS) is 9.53. The minimum Gasteiger partial charge on any atom is -0.545 e. The van der Waals surface area contributed by atoms with Crippen LogP contribution in [-0.4, -0.2) is 136 Å². The topological polar surface area (TPSA) is 704 Å². The van der Waals surface area contributed by atoms with Crippen molar-refractivity contribution in [3.05, 3.63) is 343 Å². The number of nitrogens with zero attached hydrogens (tertiary/aromatic N) is 4. The summed E-state index contributed by atoms with van der Waals surface area (Å²) in [6.07, 6.45) is 27.0. The molecule has 12 aromatic heterocycles. The van der Waals surface area contributed by atoms with E-state index >= 15 is 0 Å². The molecule has 12 heterocycles. The molecule has 0 amide bonds. The van der Waals surface area contributed by atoms with E-state index in [1.165, 1.54) is 33.4 Å². The van der Waals surface area contributed by atoms with E-state index in [1.54, 1.807) is 79.5 Å². The van der Waals surface area contributed by atoms with Crippen molar-refractivity contribution < 1.29 is 69.4 Å². The van der Waals surface area contributed by atoms with Gasteiger partial charge in [0.25, 0.3) is 33.4 Å². The van der Waals surface area contributed by atoms with Gasteiger partial charge in [-0.2, -0.15) is 0 Å². The molecule has 18 N–H and O–H groups in total. The second-order valence-electron chi connectivity index (χ2n) is 18.2. The summed E-state index contributed by atoms with van der Waals surface area (Å²) < 4.78 is 0. The predicted octanol–water partition coefficient (Wildman–Crippen LogP) is -4.83. The summed E-state index contributed by atoms with van der Waals surface area (Å²) in [6, 6.07) is 24.1. The summed E-state index contributed by atoms with van der Waals surface area (Å²) in [5.74, 6) is -8.74. The number of carboxylic acids is 6. The highest BCUT2D eigenvalue weighted by atomic mass is 16.4. The first-order chi connectivity index (χ1) is 48.6. The molecule has 102 heavy (non-hydrogen) atoms. The molecule has 0 saturated carbocycles. The number of hydrogen-bond donors (Lipinski definition) is 16. The van der Waals surface area contributed by atoms with Crippen LogP contribution in [0.2, 0.25) is 0 Å². The molecule has 12 rings (SSSR count). The molecule has 0 aliphatic heterocycles. The van der Waals surface area contributed by atoms with Gasteiger partial charge in [0.2, 0.25) is 0 Å². The Balaban J connectivity index is 0.000000243. The van der Waals surface area contributed by atoms with Gasteiger partial charge < -0.3 is 70.1 Å². The van der Waals surface area contributed by atoms with Crippen molar-refractivity contribution >= 4 is 35.8 Å². The maximum Gasteiger partial charge on any atom is 0.342 e. The van der Waals surface area contributed by atoms with Gasteiger partial charge in [0.05, 0.1) is 23.1 Å². The lowest BCUT2D eigenvalue weighted by Crippen LogP contribution is -2.33. The standard InChI is InChI=1S/3C10H8N2.6C5H4N2O4/c3*1-5-11-6-2-9(1)10-3-7-12-8-4-10;6*8-3-2(4(9)10)1-6-5(11)7-3/h3*1-8H;6*1H,(H,9,10)(H2,6,7,8,11). The van der Waals surface area contributed by atoms with Gasteiger partial charge >= 0.3 is 58.0 Å². The third-order valence-electron chi connectivity index (χ3n) is 11.4. The molecule has 0 aliphatic rings. The SMILES string of the molecule is O=C(O)c1c[nH]c(=O)[nH]c1=O.O=C(O)c1c[nH]c(=O)[nH]c1=O.O=C(O)c1c[nH]c(=O)[nH]c1=O.O=C(O)c1c[nH]c(=O)[nH]c1=O.O=C([O-])c1c[nH]c(=O)[nH]c1=O.O=C([O-])c1c[nH]c(=O)[nH]c1=O.c1cc(-c2cc[nH+]cc2)ccn1.c1cc(-c2cc[nH+]cc2)ccn1.c1cc(-c2ccncc2)ccn1. The zero-order valence-electron chi connectivity index (χ0n) is 51.1. The van der Waals surface area contributed by atoms with E-state index in [0.29, 0.717) is 0 Å². The lowest BCUT2D eigenvalue weighted by molar-refractivity contribution is -0.378. The van der Waals surface area contributed by atoms with Gasteiger partial charge in [-0.1, -0.05) is 0 Å². The maximum atomic E-state index is 10.6. The van der Waals surface area contributed by atoms with Gasteiger partial charge in [-0.05, 0) is 81.9 Å². The van der Waals surface area contributed by atoms with Crippen molar-refractivity contribution in [3.8, 4) is 33.4 Å². The van der Waals surface area contributed by atoms with E-state index in [0.717, 1.165) is 37.2 Å².